The van der Waals surface area contributed by atoms with E-state index in [1.165, 1.54) is 0 Å². The van der Waals surface area contributed by atoms with Crippen molar-refractivity contribution in [3.8, 4) is 17.2 Å². The van der Waals surface area contributed by atoms with Crippen molar-refractivity contribution in [1.29, 1.82) is 5.26 Å². The van der Waals surface area contributed by atoms with Crippen LogP contribution in [0.1, 0.15) is 17.5 Å². The summed E-state index contributed by atoms with van der Waals surface area (Å²) < 4.78 is 2.21. The van der Waals surface area contributed by atoms with Crippen LogP contribution in [0.5, 0.6) is 0 Å². The van der Waals surface area contributed by atoms with Crippen LogP contribution in [0.2, 0.25) is 0 Å². The lowest BCUT2D eigenvalue weighted by Gasteiger charge is -2.27. The molecule has 0 radical (unpaired) electrons. The van der Waals surface area contributed by atoms with Gasteiger partial charge in [0.25, 0.3) is 6.47 Å². The number of likely N-dealkylation sites (N-methyl/N-ethyl adjacent to an activating group) is 1. The maximum Gasteiger partial charge on any atom is 0.290 e. The van der Waals surface area contributed by atoms with Crippen LogP contribution in [0.15, 0.2) is 54.6 Å². The Morgan fingerprint density at radius 2 is 1.82 bits per heavy atom. The summed E-state index contributed by atoms with van der Waals surface area (Å²) in [5.41, 5.74) is 6.62. The van der Waals surface area contributed by atoms with E-state index in [1.807, 2.05) is 24.3 Å². The van der Waals surface area contributed by atoms with Gasteiger partial charge in [-0.1, -0.05) is 42.5 Å². The number of pyridine rings is 1. The Hall–Kier alpha value is -3.89. The molecule has 1 aliphatic rings. The van der Waals surface area contributed by atoms with Crippen LogP contribution in [-0.2, 0) is 4.79 Å². The number of aromatic nitrogens is 2. The first-order chi connectivity index (χ1) is 16.0. The van der Waals surface area contributed by atoms with E-state index in [0.29, 0.717) is 11.6 Å². The Bertz CT molecular complexity index is 1340. The van der Waals surface area contributed by atoms with Crippen molar-refractivity contribution < 1.29 is 9.90 Å². The molecule has 7 heteroatoms. The number of para-hydroxylation sites is 2. The number of fused-ring (bicyclic) bond motifs is 3. The van der Waals surface area contributed by atoms with Crippen molar-refractivity contribution in [3.05, 3.63) is 65.7 Å². The van der Waals surface area contributed by atoms with Gasteiger partial charge in [0.2, 0.25) is 0 Å². The first-order valence-electron chi connectivity index (χ1n) is 10.9. The standard InChI is InChI=1S/C25H25N5.CH2O2/c1-17-20(15-26)24-27-21-11-7-8-12-22(21)30(24)25(23(17)18-9-5-4-6-10-18)29-14-13-19(16-29)28(2)3;2-1-3/h4-12,19H,13-14,16H2,1-3H3;1H,(H,2,3)/t19-;/m0./s1. The average Bonchev–Trinajstić information content (AvgIpc) is 3.45. The summed E-state index contributed by atoms with van der Waals surface area (Å²) in [6.45, 7) is 3.75. The lowest BCUT2D eigenvalue weighted by Crippen LogP contribution is -2.32. The molecular formula is C26H27N5O2. The van der Waals surface area contributed by atoms with E-state index >= 15 is 0 Å². The zero-order valence-corrected chi connectivity index (χ0v) is 19.1. The average molecular weight is 442 g/mol. The summed E-state index contributed by atoms with van der Waals surface area (Å²) in [7, 11) is 4.30. The lowest BCUT2D eigenvalue weighted by molar-refractivity contribution is -0.122. The van der Waals surface area contributed by atoms with Crippen LogP contribution in [0, 0.1) is 18.3 Å². The van der Waals surface area contributed by atoms with Crippen molar-refractivity contribution in [3.63, 3.8) is 0 Å². The van der Waals surface area contributed by atoms with Gasteiger partial charge >= 0.3 is 0 Å². The summed E-state index contributed by atoms with van der Waals surface area (Å²) in [6.07, 6.45) is 1.12. The maximum absolute atomic E-state index is 10.1. The smallest absolute Gasteiger partial charge is 0.290 e. The topological polar surface area (TPSA) is 84.9 Å². The summed E-state index contributed by atoms with van der Waals surface area (Å²) in [5.74, 6) is 1.14. The molecule has 5 rings (SSSR count). The molecule has 0 bridgehead atoms. The van der Waals surface area contributed by atoms with Crippen molar-refractivity contribution in [2.45, 2.75) is 19.4 Å². The maximum atomic E-state index is 10.1. The van der Waals surface area contributed by atoms with Crippen LogP contribution >= 0.6 is 0 Å². The van der Waals surface area contributed by atoms with E-state index in [0.717, 1.165) is 58.7 Å². The zero-order chi connectivity index (χ0) is 23.5. The van der Waals surface area contributed by atoms with Gasteiger partial charge in [0.1, 0.15) is 11.9 Å². The SMILES string of the molecule is Cc1c(-c2ccccc2)c(N2CC[C@H](N(C)C)C2)n2c(nc3ccccc32)c1C#N.O=CO. The molecule has 33 heavy (non-hydrogen) atoms. The van der Waals surface area contributed by atoms with Crippen LogP contribution in [0.3, 0.4) is 0 Å². The van der Waals surface area contributed by atoms with Gasteiger partial charge < -0.3 is 14.9 Å². The van der Waals surface area contributed by atoms with Crippen molar-refractivity contribution in [2.75, 3.05) is 32.1 Å². The molecule has 4 aromatic rings. The molecule has 0 unspecified atom stereocenters. The number of carboxylic acid groups (broad SMARTS) is 1. The molecule has 0 spiro atoms. The minimum Gasteiger partial charge on any atom is -0.483 e. The summed E-state index contributed by atoms with van der Waals surface area (Å²) >= 11 is 0. The molecular weight excluding hydrogens is 414 g/mol. The van der Waals surface area contributed by atoms with Crippen LogP contribution in [0.4, 0.5) is 5.82 Å². The molecule has 2 aromatic heterocycles. The fourth-order valence-corrected chi connectivity index (χ4v) is 4.72. The lowest BCUT2D eigenvalue weighted by atomic mass is 9.97. The van der Waals surface area contributed by atoms with Crippen LogP contribution < -0.4 is 4.90 Å². The number of imidazole rings is 1. The van der Waals surface area contributed by atoms with Crippen LogP contribution in [-0.4, -0.2) is 59.1 Å². The Morgan fingerprint density at radius 3 is 2.45 bits per heavy atom. The third-order valence-corrected chi connectivity index (χ3v) is 6.34. The van der Waals surface area contributed by atoms with Gasteiger partial charge in [0.15, 0.2) is 5.65 Å². The second-order valence-electron chi connectivity index (χ2n) is 8.39. The van der Waals surface area contributed by atoms with E-state index in [-0.39, 0.29) is 6.47 Å². The van der Waals surface area contributed by atoms with Crippen molar-refractivity contribution in [1.82, 2.24) is 14.3 Å². The van der Waals surface area contributed by atoms with Gasteiger partial charge in [0.05, 0.1) is 16.6 Å². The number of hydrogen-bond acceptors (Lipinski definition) is 5. The van der Waals surface area contributed by atoms with Crippen LogP contribution in [0.25, 0.3) is 27.8 Å². The molecule has 168 valence electrons. The minimum atomic E-state index is -0.250. The third-order valence-electron chi connectivity index (χ3n) is 6.34. The molecule has 1 atom stereocenters. The summed E-state index contributed by atoms with van der Waals surface area (Å²) in [4.78, 5) is 18.0. The van der Waals surface area contributed by atoms with E-state index in [9.17, 15) is 5.26 Å². The predicted octanol–water partition coefficient (Wildman–Crippen LogP) is 4.18. The molecule has 1 N–H and O–H groups in total. The number of rotatable bonds is 3. The Morgan fingerprint density at radius 1 is 1.15 bits per heavy atom. The van der Waals surface area contributed by atoms with E-state index in [2.05, 4.69) is 71.6 Å². The molecule has 0 aliphatic carbocycles. The highest BCUT2D eigenvalue weighted by atomic mass is 16.3. The fourth-order valence-electron chi connectivity index (χ4n) is 4.72. The second kappa shape index (κ2) is 9.31. The zero-order valence-electron chi connectivity index (χ0n) is 19.1. The molecule has 1 aliphatic heterocycles. The first-order valence-corrected chi connectivity index (χ1v) is 10.9. The fraction of sp³-hybridized carbons (Fsp3) is 0.269. The number of carbonyl (C=O) groups is 1. The normalized spacial score (nSPS) is 15.5. The Balaban J connectivity index is 0.000000821. The number of nitrogens with zero attached hydrogens (tertiary/aromatic N) is 5. The van der Waals surface area contributed by atoms with Gasteiger partial charge in [-0.3, -0.25) is 9.20 Å². The number of benzene rings is 2. The van der Waals surface area contributed by atoms with Gasteiger partial charge in [-0.25, -0.2) is 4.98 Å². The third kappa shape index (κ3) is 3.90. The highest BCUT2D eigenvalue weighted by molar-refractivity contribution is 5.92. The number of nitriles is 1. The highest BCUT2D eigenvalue weighted by Gasteiger charge is 2.30. The summed E-state index contributed by atoms with van der Waals surface area (Å²) in [6, 6.07) is 21.6. The van der Waals surface area contributed by atoms with Gasteiger partial charge in [-0.15, -0.1) is 0 Å². The van der Waals surface area contributed by atoms with E-state index < -0.39 is 0 Å². The van der Waals surface area contributed by atoms with Crippen molar-refractivity contribution >= 4 is 29.0 Å². The molecule has 7 nitrogen and oxygen atoms in total. The number of anilines is 1. The Labute approximate surface area is 193 Å². The highest BCUT2D eigenvalue weighted by Crippen LogP contribution is 2.40. The molecule has 3 heterocycles. The largest absolute Gasteiger partial charge is 0.483 e. The monoisotopic (exact) mass is 441 g/mol. The summed E-state index contributed by atoms with van der Waals surface area (Å²) in [5, 5.41) is 16.9. The molecule has 0 amide bonds. The van der Waals surface area contributed by atoms with Gasteiger partial charge in [-0.05, 0) is 50.7 Å². The molecule has 0 saturated carbocycles. The van der Waals surface area contributed by atoms with Gasteiger partial charge in [0, 0.05) is 24.7 Å². The van der Waals surface area contributed by atoms with E-state index in [4.69, 9.17) is 14.9 Å². The van der Waals surface area contributed by atoms with Gasteiger partial charge in [-0.2, -0.15) is 5.26 Å². The number of hydrogen-bond donors (Lipinski definition) is 1. The minimum absolute atomic E-state index is 0.250. The quantitative estimate of drug-likeness (QED) is 0.480. The molecule has 1 fully saturated rings. The van der Waals surface area contributed by atoms with E-state index in [1.54, 1.807) is 0 Å². The van der Waals surface area contributed by atoms with Crippen molar-refractivity contribution in [2.24, 2.45) is 0 Å². The predicted molar refractivity (Wildman–Crippen MR) is 131 cm³/mol. The molecule has 1 saturated heterocycles. The first kappa shape index (κ1) is 22.3. The Kier molecular flexibility index (Phi) is 6.29. The second-order valence-corrected chi connectivity index (χ2v) is 8.39. The molecule has 2 aromatic carbocycles.